The fourth-order valence-electron chi connectivity index (χ4n) is 1.16. The molecule has 4 nitrogen and oxygen atoms in total. The number of aliphatic hydroxyl groups is 1. The largest absolute Gasteiger partial charge is 0.495 e. The monoisotopic (exact) mass is 200 g/mol. The van der Waals surface area contributed by atoms with Gasteiger partial charge in [-0.15, -0.1) is 0 Å². The van der Waals surface area contributed by atoms with Crippen LogP contribution in [0.2, 0.25) is 0 Å². The van der Waals surface area contributed by atoms with Gasteiger partial charge in [0.2, 0.25) is 0 Å². The molecule has 76 valence electrons. The average molecular weight is 200 g/mol. The van der Waals surface area contributed by atoms with E-state index in [9.17, 15) is 9.18 Å². The number of aromatic carboxylic acids is 1. The number of methoxy groups -OCH3 is 1. The van der Waals surface area contributed by atoms with E-state index in [2.05, 4.69) is 0 Å². The van der Waals surface area contributed by atoms with Crippen molar-refractivity contribution in [2.45, 2.75) is 6.61 Å². The van der Waals surface area contributed by atoms with Gasteiger partial charge >= 0.3 is 5.97 Å². The molecule has 0 unspecified atom stereocenters. The molecule has 0 aliphatic heterocycles. The molecule has 0 fully saturated rings. The van der Waals surface area contributed by atoms with Crippen molar-refractivity contribution in [3.05, 3.63) is 29.1 Å². The van der Waals surface area contributed by atoms with E-state index >= 15 is 0 Å². The molecular weight excluding hydrogens is 191 g/mol. The highest BCUT2D eigenvalue weighted by Crippen LogP contribution is 2.26. The number of carboxylic acid groups (broad SMARTS) is 1. The van der Waals surface area contributed by atoms with Gasteiger partial charge in [0.05, 0.1) is 13.7 Å². The van der Waals surface area contributed by atoms with Crippen molar-refractivity contribution < 1.29 is 24.1 Å². The Kier molecular flexibility index (Phi) is 3.03. The summed E-state index contributed by atoms with van der Waals surface area (Å²) in [5, 5.41) is 17.5. The molecule has 0 spiro atoms. The predicted molar refractivity (Wildman–Crippen MR) is 45.8 cm³/mol. The summed E-state index contributed by atoms with van der Waals surface area (Å²) in [4.78, 5) is 10.7. The second-order valence-corrected chi connectivity index (χ2v) is 2.58. The minimum Gasteiger partial charge on any atom is -0.495 e. The zero-order valence-corrected chi connectivity index (χ0v) is 7.45. The zero-order chi connectivity index (χ0) is 10.7. The van der Waals surface area contributed by atoms with Crippen molar-refractivity contribution in [3.63, 3.8) is 0 Å². The molecule has 1 aromatic rings. The lowest BCUT2D eigenvalue weighted by Gasteiger charge is -2.09. The Morgan fingerprint density at radius 1 is 1.57 bits per heavy atom. The van der Waals surface area contributed by atoms with E-state index in [1.54, 1.807) is 0 Å². The molecule has 5 heteroatoms. The second-order valence-electron chi connectivity index (χ2n) is 2.58. The molecule has 0 bridgehead atoms. The fourth-order valence-corrected chi connectivity index (χ4v) is 1.16. The summed E-state index contributed by atoms with van der Waals surface area (Å²) < 4.78 is 17.8. The number of rotatable bonds is 3. The molecule has 1 rings (SSSR count). The summed E-state index contributed by atoms with van der Waals surface area (Å²) in [6.45, 7) is -0.399. The highest BCUT2D eigenvalue weighted by atomic mass is 19.1. The van der Waals surface area contributed by atoms with Crippen molar-refractivity contribution >= 4 is 5.97 Å². The van der Waals surface area contributed by atoms with Gasteiger partial charge in [-0.1, -0.05) is 6.07 Å². The lowest BCUT2D eigenvalue weighted by Crippen LogP contribution is -2.06. The van der Waals surface area contributed by atoms with Gasteiger partial charge in [-0.2, -0.15) is 0 Å². The van der Waals surface area contributed by atoms with Gasteiger partial charge < -0.3 is 14.9 Å². The smallest absolute Gasteiger partial charge is 0.342 e. The molecule has 0 heterocycles. The van der Waals surface area contributed by atoms with Gasteiger partial charge in [0, 0.05) is 5.56 Å². The maximum Gasteiger partial charge on any atom is 0.342 e. The maximum atomic E-state index is 13.1. The zero-order valence-electron chi connectivity index (χ0n) is 7.45. The van der Waals surface area contributed by atoms with Crippen molar-refractivity contribution in [2.75, 3.05) is 7.11 Å². The molecular formula is C9H9FO4. The lowest BCUT2D eigenvalue weighted by atomic mass is 10.1. The van der Waals surface area contributed by atoms with Crippen LogP contribution in [0.4, 0.5) is 4.39 Å². The first-order chi connectivity index (χ1) is 6.61. The number of benzene rings is 1. The number of hydrogen-bond donors (Lipinski definition) is 2. The summed E-state index contributed by atoms with van der Waals surface area (Å²) in [6.07, 6.45) is 0. The average Bonchev–Trinajstić information content (AvgIpc) is 2.16. The molecule has 14 heavy (non-hydrogen) atoms. The van der Waals surface area contributed by atoms with E-state index in [-0.39, 0.29) is 11.3 Å². The first-order valence-electron chi connectivity index (χ1n) is 3.81. The number of ether oxygens (including phenoxy) is 1. The topological polar surface area (TPSA) is 66.8 Å². The normalized spacial score (nSPS) is 9.93. The third-order valence-electron chi connectivity index (χ3n) is 1.78. The van der Waals surface area contributed by atoms with E-state index in [0.717, 1.165) is 6.07 Å². The third kappa shape index (κ3) is 1.67. The van der Waals surface area contributed by atoms with Crippen LogP contribution >= 0.6 is 0 Å². The van der Waals surface area contributed by atoms with Crippen LogP contribution in [0.3, 0.4) is 0 Å². The number of hydrogen-bond acceptors (Lipinski definition) is 3. The Bertz CT molecular complexity index is 362. The van der Waals surface area contributed by atoms with Gasteiger partial charge in [0.25, 0.3) is 0 Å². The standard InChI is InChI=1S/C9H9FO4/c1-14-8-5(4-11)2-3-6(10)7(8)9(12)13/h2-3,11H,4H2,1H3,(H,12,13). The second kappa shape index (κ2) is 4.06. The molecule has 0 aliphatic rings. The van der Waals surface area contributed by atoms with Crippen LogP contribution in [-0.2, 0) is 6.61 Å². The Morgan fingerprint density at radius 3 is 2.64 bits per heavy atom. The van der Waals surface area contributed by atoms with E-state index in [1.165, 1.54) is 13.2 Å². The molecule has 1 aromatic carbocycles. The Hall–Kier alpha value is -1.62. The molecule has 0 amide bonds. The van der Waals surface area contributed by atoms with Crippen LogP contribution in [0.15, 0.2) is 12.1 Å². The Morgan fingerprint density at radius 2 is 2.21 bits per heavy atom. The fraction of sp³-hybridized carbons (Fsp3) is 0.222. The van der Waals surface area contributed by atoms with Gasteiger partial charge in [-0.25, -0.2) is 9.18 Å². The first-order valence-corrected chi connectivity index (χ1v) is 3.81. The molecule has 0 saturated carbocycles. The highest BCUT2D eigenvalue weighted by Gasteiger charge is 2.19. The van der Waals surface area contributed by atoms with E-state index in [0.29, 0.717) is 0 Å². The molecule has 0 radical (unpaired) electrons. The predicted octanol–water partition coefficient (Wildman–Crippen LogP) is 1.02. The van der Waals surface area contributed by atoms with Crippen LogP contribution < -0.4 is 4.74 Å². The van der Waals surface area contributed by atoms with Crippen LogP contribution in [0.5, 0.6) is 5.75 Å². The Balaban J connectivity index is 3.42. The molecule has 2 N–H and O–H groups in total. The molecule has 0 aromatic heterocycles. The molecule has 0 atom stereocenters. The molecule has 0 aliphatic carbocycles. The van der Waals surface area contributed by atoms with E-state index < -0.39 is 24.0 Å². The van der Waals surface area contributed by atoms with Crippen LogP contribution in [0.1, 0.15) is 15.9 Å². The first kappa shape index (κ1) is 10.5. The minimum atomic E-state index is -1.42. The lowest BCUT2D eigenvalue weighted by molar-refractivity contribution is 0.0687. The number of halogens is 1. The van der Waals surface area contributed by atoms with Gasteiger partial charge in [0.1, 0.15) is 17.1 Å². The van der Waals surface area contributed by atoms with Crippen LogP contribution in [0.25, 0.3) is 0 Å². The SMILES string of the molecule is COc1c(CO)ccc(F)c1C(=O)O. The van der Waals surface area contributed by atoms with Crippen molar-refractivity contribution in [3.8, 4) is 5.75 Å². The van der Waals surface area contributed by atoms with E-state index in [1.807, 2.05) is 0 Å². The van der Waals surface area contributed by atoms with Crippen LogP contribution in [0, 0.1) is 5.82 Å². The Labute approximate surface area is 79.6 Å². The van der Waals surface area contributed by atoms with Gasteiger partial charge in [-0.3, -0.25) is 0 Å². The number of aliphatic hydroxyl groups excluding tert-OH is 1. The van der Waals surface area contributed by atoms with Crippen molar-refractivity contribution in [2.24, 2.45) is 0 Å². The summed E-state index contributed by atoms with van der Waals surface area (Å²) in [5.74, 6) is -2.44. The van der Waals surface area contributed by atoms with Crippen LogP contribution in [-0.4, -0.2) is 23.3 Å². The van der Waals surface area contributed by atoms with Gasteiger partial charge in [0.15, 0.2) is 0 Å². The van der Waals surface area contributed by atoms with E-state index in [4.69, 9.17) is 14.9 Å². The minimum absolute atomic E-state index is 0.139. The summed E-state index contributed by atoms with van der Waals surface area (Å²) >= 11 is 0. The third-order valence-corrected chi connectivity index (χ3v) is 1.78. The summed E-state index contributed by atoms with van der Waals surface area (Å²) in [6, 6.07) is 2.26. The van der Waals surface area contributed by atoms with Crippen molar-refractivity contribution in [1.29, 1.82) is 0 Å². The quantitative estimate of drug-likeness (QED) is 0.764. The van der Waals surface area contributed by atoms with Crippen molar-refractivity contribution in [1.82, 2.24) is 0 Å². The highest BCUT2D eigenvalue weighted by molar-refractivity contribution is 5.91. The molecule has 0 saturated heterocycles. The van der Waals surface area contributed by atoms with Gasteiger partial charge in [-0.05, 0) is 6.07 Å². The maximum absolute atomic E-state index is 13.1. The summed E-state index contributed by atoms with van der Waals surface area (Å²) in [7, 11) is 1.22. The number of carboxylic acids is 1. The summed E-state index contributed by atoms with van der Waals surface area (Å²) in [5.41, 5.74) is -0.314. The number of carbonyl (C=O) groups is 1.